The van der Waals surface area contributed by atoms with E-state index in [1.807, 2.05) is 18.2 Å². The monoisotopic (exact) mass is 281 g/mol. The smallest absolute Gasteiger partial charge is 0.119 e. The van der Waals surface area contributed by atoms with Gasteiger partial charge in [0.2, 0.25) is 0 Å². The van der Waals surface area contributed by atoms with E-state index in [2.05, 4.69) is 25.2 Å². The summed E-state index contributed by atoms with van der Waals surface area (Å²) in [5, 5.41) is 13.2. The molecule has 0 aliphatic heterocycles. The summed E-state index contributed by atoms with van der Waals surface area (Å²) in [7, 11) is 1.69. The Bertz CT molecular complexity index is 370. The van der Waals surface area contributed by atoms with E-state index >= 15 is 0 Å². The lowest BCUT2D eigenvalue weighted by molar-refractivity contribution is 0.0952. The summed E-state index contributed by atoms with van der Waals surface area (Å²) in [4.78, 5) is 0. The fraction of sp³-hybridized carbons (Fsp3) is 0.625. The van der Waals surface area contributed by atoms with Crippen LogP contribution >= 0.6 is 0 Å². The summed E-state index contributed by atoms with van der Waals surface area (Å²) in [6.45, 7) is 5.66. The minimum absolute atomic E-state index is 0.276. The first-order chi connectivity index (χ1) is 9.69. The van der Waals surface area contributed by atoms with Crippen LogP contribution in [0, 0.1) is 0 Å². The van der Waals surface area contributed by atoms with Gasteiger partial charge in [0.1, 0.15) is 18.5 Å². The zero-order chi connectivity index (χ0) is 14.8. The summed E-state index contributed by atoms with van der Waals surface area (Å²) in [5.41, 5.74) is 1.24. The third kappa shape index (κ3) is 6.37. The van der Waals surface area contributed by atoms with Crippen molar-refractivity contribution in [1.29, 1.82) is 0 Å². The number of aliphatic hydroxyl groups excluding tert-OH is 1. The first-order valence-electron chi connectivity index (χ1n) is 7.31. The normalized spacial score (nSPS) is 14.0. The fourth-order valence-electron chi connectivity index (χ4n) is 1.93. The van der Waals surface area contributed by atoms with Crippen molar-refractivity contribution >= 4 is 0 Å². The Labute approximate surface area is 122 Å². The van der Waals surface area contributed by atoms with Gasteiger partial charge in [-0.25, -0.2) is 0 Å². The van der Waals surface area contributed by atoms with Gasteiger partial charge in [-0.1, -0.05) is 26.0 Å². The number of benzene rings is 1. The third-order valence-corrected chi connectivity index (χ3v) is 3.25. The topological polar surface area (TPSA) is 50.7 Å². The number of ether oxygens (including phenoxy) is 2. The molecule has 0 radical (unpaired) electrons. The van der Waals surface area contributed by atoms with Crippen molar-refractivity contribution in [2.45, 2.75) is 38.8 Å². The van der Waals surface area contributed by atoms with Crippen molar-refractivity contribution in [3.05, 3.63) is 29.8 Å². The maximum atomic E-state index is 9.92. The second-order valence-corrected chi connectivity index (χ2v) is 4.93. The van der Waals surface area contributed by atoms with Crippen LogP contribution in [0.5, 0.6) is 5.75 Å². The van der Waals surface area contributed by atoms with Crippen molar-refractivity contribution in [3.63, 3.8) is 0 Å². The van der Waals surface area contributed by atoms with Crippen LogP contribution in [0.2, 0.25) is 0 Å². The molecule has 2 unspecified atom stereocenters. The van der Waals surface area contributed by atoms with E-state index in [0.29, 0.717) is 19.8 Å². The highest BCUT2D eigenvalue weighted by atomic mass is 16.5. The Kier molecular flexibility index (Phi) is 8.26. The number of hydrogen-bond acceptors (Lipinski definition) is 4. The Balaban J connectivity index is 2.29. The number of hydrogen-bond donors (Lipinski definition) is 2. The van der Waals surface area contributed by atoms with Crippen molar-refractivity contribution in [3.8, 4) is 5.75 Å². The molecular weight excluding hydrogens is 254 g/mol. The number of methoxy groups -OCH3 is 1. The van der Waals surface area contributed by atoms with E-state index in [4.69, 9.17) is 9.47 Å². The number of nitrogens with one attached hydrogen (secondary N) is 1. The van der Waals surface area contributed by atoms with Gasteiger partial charge < -0.3 is 19.9 Å². The van der Waals surface area contributed by atoms with Crippen molar-refractivity contribution < 1.29 is 14.6 Å². The van der Waals surface area contributed by atoms with Crippen LogP contribution in [-0.2, 0) is 11.2 Å². The molecule has 0 aliphatic carbocycles. The highest BCUT2D eigenvalue weighted by Gasteiger charge is 2.10. The van der Waals surface area contributed by atoms with Crippen LogP contribution in [0.1, 0.15) is 25.8 Å². The second-order valence-electron chi connectivity index (χ2n) is 4.93. The summed E-state index contributed by atoms with van der Waals surface area (Å²) in [6.07, 6.45) is 1.43. The van der Waals surface area contributed by atoms with Crippen LogP contribution in [0.15, 0.2) is 24.3 Å². The highest BCUT2D eigenvalue weighted by molar-refractivity contribution is 5.28. The Morgan fingerprint density at radius 3 is 2.70 bits per heavy atom. The van der Waals surface area contributed by atoms with Gasteiger partial charge in [-0.05, 0) is 30.5 Å². The molecule has 0 spiro atoms. The van der Waals surface area contributed by atoms with Crippen LogP contribution in [-0.4, -0.2) is 44.1 Å². The van der Waals surface area contributed by atoms with Gasteiger partial charge in [0.25, 0.3) is 0 Å². The molecule has 0 heterocycles. The minimum Gasteiger partial charge on any atom is -0.491 e. The second kappa shape index (κ2) is 9.75. The summed E-state index contributed by atoms with van der Waals surface area (Å²) < 4.78 is 10.7. The molecule has 0 fully saturated rings. The maximum absolute atomic E-state index is 9.92. The molecule has 2 N–H and O–H groups in total. The molecule has 0 bridgehead atoms. The average Bonchev–Trinajstić information content (AvgIpc) is 2.49. The molecule has 114 valence electrons. The lowest BCUT2D eigenvalue weighted by atomic mass is 10.2. The van der Waals surface area contributed by atoms with Gasteiger partial charge in [-0.15, -0.1) is 0 Å². The lowest BCUT2D eigenvalue weighted by Gasteiger charge is -2.19. The molecule has 0 amide bonds. The molecule has 1 aromatic rings. The van der Waals surface area contributed by atoms with Crippen molar-refractivity contribution in [2.75, 3.05) is 26.9 Å². The molecule has 0 saturated carbocycles. The zero-order valence-corrected chi connectivity index (χ0v) is 12.8. The fourth-order valence-corrected chi connectivity index (χ4v) is 1.93. The largest absolute Gasteiger partial charge is 0.491 e. The zero-order valence-electron chi connectivity index (χ0n) is 12.8. The van der Waals surface area contributed by atoms with Gasteiger partial charge in [0, 0.05) is 19.7 Å². The van der Waals surface area contributed by atoms with Gasteiger partial charge in [0.15, 0.2) is 0 Å². The third-order valence-electron chi connectivity index (χ3n) is 3.25. The number of aliphatic hydroxyl groups is 1. The molecule has 1 aromatic carbocycles. The van der Waals surface area contributed by atoms with E-state index in [-0.39, 0.29) is 6.04 Å². The molecule has 4 nitrogen and oxygen atoms in total. The maximum Gasteiger partial charge on any atom is 0.119 e. The number of aryl methyl sites for hydroxylation is 1. The Morgan fingerprint density at radius 1 is 1.25 bits per heavy atom. The van der Waals surface area contributed by atoms with Gasteiger partial charge in [0.05, 0.1) is 6.61 Å². The van der Waals surface area contributed by atoms with E-state index < -0.39 is 6.10 Å². The quantitative estimate of drug-likeness (QED) is 0.689. The SMILES string of the molecule is CCc1cccc(OCC(O)CNC(CC)COC)c1. The van der Waals surface area contributed by atoms with Gasteiger partial charge in [-0.2, -0.15) is 0 Å². The van der Waals surface area contributed by atoms with Gasteiger partial charge in [-0.3, -0.25) is 0 Å². The van der Waals surface area contributed by atoms with Crippen LogP contribution in [0.3, 0.4) is 0 Å². The first kappa shape index (κ1) is 17.0. The van der Waals surface area contributed by atoms with Crippen molar-refractivity contribution in [2.24, 2.45) is 0 Å². The Hall–Kier alpha value is -1.10. The minimum atomic E-state index is -0.522. The van der Waals surface area contributed by atoms with E-state index in [0.717, 1.165) is 18.6 Å². The van der Waals surface area contributed by atoms with E-state index in [1.54, 1.807) is 7.11 Å². The number of rotatable bonds is 10. The first-order valence-corrected chi connectivity index (χ1v) is 7.31. The lowest BCUT2D eigenvalue weighted by Crippen LogP contribution is -2.39. The summed E-state index contributed by atoms with van der Waals surface area (Å²) >= 11 is 0. The van der Waals surface area contributed by atoms with E-state index in [1.165, 1.54) is 5.56 Å². The van der Waals surface area contributed by atoms with Crippen LogP contribution in [0.25, 0.3) is 0 Å². The van der Waals surface area contributed by atoms with Crippen LogP contribution < -0.4 is 10.1 Å². The molecule has 20 heavy (non-hydrogen) atoms. The molecule has 4 heteroatoms. The van der Waals surface area contributed by atoms with Crippen molar-refractivity contribution in [1.82, 2.24) is 5.32 Å². The average molecular weight is 281 g/mol. The van der Waals surface area contributed by atoms with E-state index in [9.17, 15) is 5.11 Å². The molecule has 1 rings (SSSR count). The molecular formula is C16H27NO3. The predicted molar refractivity (Wildman–Crippen MR) is 81.3 cm³/mol. The van der Waals surface area contributed by atoms with Crippen LogP contribution in [0.4, 0.5) is 0 Å². The molecule has 0 aromatic heterocycles. The highest BCUT2D eigenvalue weighted by Crippen LogP contribution is 2.13. The van der Waals surface area contributed by atoms with Gasteiger partial charge >= 0.3 is 0 Å². The Morgan fingerprint density at radius 2 is 2.05 bits per heavy atom. The summed E-state index contributed by atoms with van der Waals surface area (Å²) in [5.74, 6) is 0.812. The predicted octanol–water partition coefficient (Wildman–Crippen LogP) is 2.00. The summed E-state index contributed by atoms with van der Waals surface area (Å²) in [6, 6.07) is 8.25. The molecule has 0 saturated heterocycles. The molecule has 0 aliphatic rings. The molecule has 2 atom stereocenters. The standard InChI is InChI=1S/C16H27NO3/c1-4-13-7-6-8-16(9-13)20-12-15(18)10-17-14(5-2)11-19-3/h6-9,14-15,17-18H,4-5,10-12H2,1-3H3.